The molecule has 1 saturated heterocycles. The number of furan rings is 1. The van der Waals surface area contributed by atoms with Crippen molar-refractivity contribution in [3.05, 3.63) is 30.3 Å². The van der Waals surface area contributed by atoms with Crippen LogP contribution in [0.1, 0.15) is 57.0 Å². The predicted octanol–water partition coefficient (Wildman–Crippen LogP) is 3.98. The number of carbonyl (C=O) groups is 2. The predicted molar refractivity (Wildman–Crippen MR) is 109 cm³/mol. The maximum Gasteiger partial charge on any atom is 0.410 e. The minimum Gasteiger partial charge on any atom is -0.449 e. The molecule has 2 aliphatic rings. The van der Waals surface area contributed by atoms with Gasteiger partial charge in [-0.2, -0.15) is 0 Å². The van der Waals surface area contributed by atoms with E-state index in [4.69, 9.17) is 9.15 Å². The van der Waals surface area contributed by atoms with Gasteiger partial charge in [-0.25, -0.2) is 4.79 Å². The summed E-state index contributed by atoms with van der Waals surface area (Å²) in [6.07, 6.45) is 6.90. The van der Waals surface area contributed by atoms with E-state index >= 15 is 0 Å². The van der Waals surface area contributed by atoms with E-state index in [2.05, 4.69) is 10.3 Å². The van der Waals surface area contributed by atoms with Crippen molar-refractivity contribution in [2.45, 2.75) is 52.1 Å². The first kappa shape index (κ1) is 19.7. The number of aromatic nitrogens is 1. The number of likely N-dealkylation sites (tertiary alicyclic amines) is 1. The molecule has 1 N–H and O–H groups in total. The SMILES string of the molecule is CCC(C)(C)OC(=O)N1CCC2(CC1)CC2CNC(=O)c1cc2ccncc2o1. The Morgan fingerprint density at radius 3 is 2.83 bits per heavy atom. The molecule has 7 nitrogen and oxygen atoms in total. The lowest BCUT2D eigenvalue weighted by Gasteiger charge is -2.35. The first-order valence-corrected chi connectivity index (χ1v) is 10.4. The summed E-state index contributed by atoms with van der Waals surface area (Å²) in [7, 11) is 0. The van der Waals surface area contributed by atoms with Gasteiger partial charge in [-0.15, -0.1) is 0 Å². The molecule has 1 aliphatic carbocycles. The molecule has 7 heteroatoms. The number of nitrogens with zero attached hydrogens (tertiary/aromatic N) is 2. The molecular weight excluding hydrogens is 370 g/mol. The van der Waals surface area contributed by atoms with Crippen molar-refractivity contribution in [1.29, 1.82) is 0 Å². The molecule has 3 heterocycles. The van der Waals surface area contributed by atoms with E-state index in [0.29, 0.717) is 23.8 Å². The number of fused-ring (bicyclic) bond motifs is 1. The van der Waals surface area contributed by atoms with Crippen LogP contribution in [0.4, 0.5) is 4.79 Å². The van der Waals surface area contributed by atoms with Gasteiger partial charge in [0.2, 0.25) is 0 Å². The summed E-state index contributed by atoms with van der Waals surface area (Å²) in [5.41, 5.74) is 0.444. The summed E-state index contributed by atoms with van der Waals surface area (Å²) >= 11 is 0. The van der Waals surface area contributed by atoms with E-state index in [1.807, 2.05) is 31.7 Å². The van der Waals surface area contributed by atoms with Crippen molar-refractivity contribution < 1.29 is 18.7 Å². The first-order chi connectivity index (χ1) is 13.8. The Labute approximate surface area is 170 Å². The van der Waals surface area contributed by atoms with E-state index in [-0.39, 0.29) is 17.4 Å². The molecule has 4 rings (SSSR count). The molecule has 29 heavy (non-hydrogen) atoms. The van der Waals surface area contributed by atoms with Crippen LogP contribution in [0, 0.1) is 11.3 Å². The van der Waals surface area contributed by atoms with Crippen LogP contribution < -0.4 is 5.32 Å². The third-order valence-electron chi connectivity index (χ3n) is 6.65. The normalized spacial score (nSPS) is 20.7. The molecule has 2 amide bonds. The Bertz CT molecular complexity index is 879. The number of nitrogens with one attached hydrogen (secondary N) is 1. The van der Waals surface area contributed by atoms with E-state index in [9.17, 15) is 9.59 Å². The summed E-state index contributed by atoms with van der Waals surface area (Å²) in [4.78, 5) is 30.6. The Morgan fingerprint density at radius 1 is 1.38 bits per heavy atom. The van der Waals surface area contributed by atoms with Crippen molar-refractivity contribution in [3.63, 3.8) is 0 Å². The Hall–Kier alpha value is -2.57. The fourth-order valence-electron chi connectivity index (χ4n) is 4.14. The lowest BCUT2D eigenvalue weighted by Crippen LogP contribution is -2.43. The molecule has 0 aromatic carbocycles. The van der Waals surface area contributed by atoms with Gasteiger partial charge in [0.05, 0.1) is 6.20 Å². The van der Waals surface area contributed by atoms with Gasteiger partial charge in [0.1, 0.15) is 5.60 Å². The average Bonchev–Trinajstić information content (AvgIpc) is 3.18. The summed E-state index contributed by atoms with van der Waals surface area (Å²) in [5.74, 6) is 0.590. The molecule has 1 spiro atoms. The van der Waals surface area contributed by atoms with Crippen molar-refractivity contribution in [3.8, 4) is 0 Å². The fraction of sp³-hybridized carbons (Fsp3) is 0.591. The third-order valence-corrected chi connectivity index (χ3v) is 6.65. The van der Waals surface area contributed by atoms with Gasteiger partial charge >= 0.3 is 6.09 Å². The van der Waals surface area contributed by atoms with Crippen LogP contribution in [-0.2, 0) is 4.74 Å². The monoisotopic (exact) mass is 399 g/mol. The number of pyridine rings is 1. The standard InChI is InChI=1S/C22H29N3O4/c1-4-21(2,3)29-20(27)25-9-6-22(7-10-25)12-16(22)13-24-19(26)17-11-15-5-8-23-14-18(15)28-17/h5,8,11,14,16H,4,6-7,9-10,12-13H2,1-3H3,(H,24,26). The van der Waals surface area contributed by atoms with E-state index in [0.717, 1.165) is 44.2 Å². The Kier molecular flexibility index (Phi) is 5.00. The number of amides is 2. The lowest BCUT2D eigenvalue weighted by atomic mass is 9.91. The van der Waals surface area contributed by atoms with Gasteiger partial charge in [-0.1, -0.05) is 6.92 Å². The molecule has 2 fully saturated rings. The van der Waals surface area contributed by atoms with Gasteiger partial charge in [-0.05, 0) is 63.0 Å². The first-order valence-electron chi connectivity index (χ1n) is 10.4. The number of hydrogen-bond donors (Lipinski definition) is 1. The molecule has 156 valence electrons. The molecule has 1 saturated carbocycles. The molecule has 2 aromatic rings. The van der Waals surface area contributed by atoms with Crippen LogP contribution >= 0.6 is 0 Å². The van der Waals surface area contributed by atoms with Crippen molar-refractivity contribution in [2.75, 3.05) is 19.6 Å². The largest absolute Gasteiger partial charge is 0.449 e. The van der Waals surface area contributed by atoms with Gasteiger partial charge in [0, 0.05) is 31.2 Å². The van der Waals surface area contributed by atoms with E-state index in [1.54, 1.807) is 18.5 Å². The Morgan fingerprint density at radius 2 is 2.14 bits per heavy atom. The topological polar surface area (TPSA) is 84.7 Å². The second-order valence-corrected chi connectivity index (χ2v) is 8.97. The summed E-state index contributed by atoms with van der Waals surface area (Å²) in [5, 5.41) is 3.88. The van der Waals surface area contributed by atoms with Crippen LogP contribution in [0.25, 0.3) is 11.0 Å². The van der Waals surface area contributed by atoms with Crippen LogP contribution in [0.5, 0.6) is 0 Å². The van der Waals surface area contributed by atoms with Gasteiger partial charge in [-0.3, -0.25) is 9.78 Å². The number of piperidine rings is 1. The smallest absolute Gasteiger partial charge is 0.410 e. The van der Waals surface area contributed by atoms with Crippen LogP contribution in [0.3, 0.4) is 0 Å². The summed E-state index contributed by atoms with van der Waals surface area (Å²) in [6, 6.07) is 3.57. The number of hydrogen-bond acceptors (Lipinski definition) is 5. The highest BCUT2D eigenvalue weighted by molar-refractivity contribution is 5.95. The van der Waals surface area contributed by atoms with Crippen molar-refractivity contribution in [2.24, 2.45) is 11.3 Å². The van der Waals surface area contributed by atoms with Gasteiger partial charge in [0.25, 0.3) is 5.91 Å². The number of carbonyl (C=O) groups excluding carboxylic acids is 2. The summed E-state index contributed by atoms with van der Waals surface area (Å²) in [6.45, 7) is 7.98. The van der Waals surface area contributed by atoms with Crippen molar-refractivity contribution >= 4 is 23.0 Å². The Balaban J connectivity index is 1.25. The van der Waals surface area contributed by atoms with Crippen LogP contribution in [0.2, 0.25) is 0 Å². The van der Waals surface area contributed by atoms with Crippen LogP contribution in [0.15, 0.2) is 28.9 Å². The van der Waals surface area contributed by atoms with Crippen LogP contribution in [-0.4, -0.2) is 47.1 Å². The molecule has 0 radical (unpaired) electrons. The lowest BCUT2D eigenvalue weighted by molar-refractivity contribution is 0.00423. The van der Waals surface area contributed by atoms with E-state index in [1.165, 1.54) is 0 Å². The molecule has 1 aliphatic heterocycles. The minimum absolute atomic E-state index is 0.189. The molecule has 1 atom stereocenters. The maximum absolute atomic E-state index is 12.4. The molecule has 2 aromatic heterocycles. The zero-order valence-electron chi connectivity index (χ0n) is 17.4. The van der Waals surface area contributed by atoms with E-state index < -0.39 is 5.60 Å². The van der Waals surface area contributed by atoms with Gasteiger partial charge in [0.15, 0.2) is 11.3 Å². The maximum atomic E-state index is 12.4. The number of rotatable bonds is 5. The fourth-order valence-corrected chi connectivity index (χ4v) is 4.14. The number of ether oxygens (including phenoxy) is 1. The highest BCUT2D eigenvalue weighted by Crippen LogP contribution is 2.59. The zero-order chi connectivity index (χ0) is 20.6. The summed E-state index contributed by atoms with van der Waals surface area (Å²) < 4.78 is 11.2. The minimum atomic E-state index is -0.425. The van der Waals surface area contributed by atoms with Gasteiger partial charge < -0.3 is 19.4 Å². The highest BCUT2D eigenvalue weighted by Gasteiger charge is 2.55. The molecule has 1 unspecified atom stereocenters. The average molecular weight is 399 g/mol. The molecular formula is C22H29N3O4. The van der Waals surface area contributed by atoms with Crippen molar-refractivity contribution in [1.82, 2.24) is 15.2 Å². The molecule has 0 bridgehead atoms. The third kappa shape index (κ3) is 4.09. The second kappa shape index (κ2) is 7.35. The quantitative estimate of drug-likeness (QED) is 0.822. The highest BCUT2D eigenvalue weighted by atomic mass is 16.6. The second-order valence-electron chi connectivity index (χ2n) is 8.97. The zero-order valence-corrected chi connectivity index (χ0v) is 17.4.